The largest absolute Gasteiger partial charge is 0.465 e. The Kier molecular flexibility index (Phi) is 20.2. The summed E-state index contributed by atoms with van der Waals surface area (Å²) in [5.41, 5.74) is 0. The Bertz CT molecular complexity index is 637. The van der Waals surface area contributed by atoms with E-state index in [1.165, 1.54) is 77.0 Å². The van der Waals surface area contributed by atoms with Crippen molar-refractivity contribution >= 4 is 17.8 Å². The zero-order valence-electron chi connectivity index (χ0n) is 25.3. The van der Waals surface area contributed by atoms with E-state index in [0.717, 1.165) is 38.6 Å². The highest BCUT2D eigenvalue weighted by Gasteiger charge is 2.36. The van der Waals surface area contributed by atoms with Gasteiger partial charge in [0.25, 0.3) is 0 Å². The summed E-state index contributed by atoms with van der Waals surface area (Å²) in [6.07, 6.45) is 20.8. The Labute approximate surface area is 234 Å². The van der Waals surface area contributed by atoms with E-state index in [-0.39, 0.29) is 23.9 Å². The van der Waals surface area contributed by atoms with E-state index in [2.05, 4.69) is 13.8 Å². The van der Waals surface area contributed by atoms with Crippen LogP contribution in [-0.2, 0) is 23.9 Å². The Hall–Kier alpha value is -1.59. The number of rotatable bonds is 24. The van der Waals surface area contributed by atoms with E-state index >= 15 is 0 Å². The van der Waals surface area contributed by atoms with Crippen LogP contribution < -0.4 is 0 Å². The number of ether oxygens (including phenoxy) is 2. The predicted octanol–water partition coefficient (Wildman–Crippen LogP) is 8.01. The van der Waals surface area contributed by atoms with Gasteiger partial charge in [-0.1, -0.05) is 111 Å². The number of likely N-dealkylation sites (tertiary alicyclic amines) is 1. The van der Waals surface area contributed by atoms with E-state index in [1.54, 1.807) is 6.92 Å². The van der Waals surface area contributed by atoms with Crippen LogP contribution in [0.25, 0.3) is 0 Å². The number of amides is 1. The fraction of sp³-hybridized carbons (Fsp3) is 0.906. The second kappa shape index (κ2) is 22.2. The molecular formula is C32H59NO5. The van der Waals surface area contributed by atoms with E-state index in [0.29, 0.717) is 26.1 Å². The van der Waals surface area contributed by atoms with Gasteiger partial charge >= 0.3 is 11.9 Å². The van der Waals surface area contributed by atoms with Crippen LogP contribution >= 0.6 is 0 Å². The minimum atomic E-state index is -0.599. The van der Waals surface area contributed by atoms with Crippen molar-refractivity contribution in [1.29, 1.82) is 0 Å². The lowest BCUT2D eigenvalue weighted by Crippen LogP contribution is -2.40. The lowest BCUT2D eigenvalue weighted by molar-refractivity contribution is -0.161. The average molecular weight is 538 g/mol. The number of hydrogen-bond donors (Lipinski definition) is 0. The average Bonchev–Trinajstić information content (AvgIpc) is 3.35. The SMILES string of the molecule is CCCCCCCCCCOC(=O)C(C)C(CC(C)N1CCCC1=O)C(=O)OCCCCCCCCCC. The van der Waals surface area contributed by atoms with E-state index in [4.69, 9.17) is 9.47 Å². The minimum absolute atomic E-state index is 0.103. The molecule has 6 nitrogen and oxygen atoms in total. The second-order valence-electron chi connectivity index (χ2n) is 11.5. The van der Waals surface area contributed by atoms with Gasteiger partial charge in [-0.2, -0.15) is 0 Å². The van der Waals surface area contributed by atoms with Gasteiger partial charge in [0.15, 0.2) is 0 Å². The summed E-state index contributed by atoms with van der Waals surface area (Å²) >= 11 is 0. The third-order valence-corrected chi connectivity index (χ3v) is 8.00. The number of hydrogen-bond acceptors (Lipinski definition) is 5. The van der Waals surface area contributed by atoms with Crippen molar-refractivity contribution in [2.24, 2.45) is 11.8 Å². The van der Waals surface area contributed by atoms with Gasteiger partial charge < -0.3 is 14.4 Å². The van der Waals surface area contributed by atoms with E-state index in [1.807, 2.05) is 11.8 Å². The van der Waals surface area contributed by atoms with Gasteiger partial charge in [0.1, 0.15) is 0 Å². The number of unbranched alkanes of at least 4 members (excludes halogenated alkanes) is 14. The van der Waals surface area contributed by atoms with Crippen molar-refractivity contribution in [1.82, 2.24) is 4.90 Å². The summed E-state index contributed by atoms with van der Waals surface area (Å²) < 4.78 is 11.2. The highest BCUT2D eigenvalue weighted by Crippen LogP contribution is 2.26. The summed E-state index contributed by atoms with van der Waals surface area (Å²) in [5.74, 6) is -1.72. The summed E-state index contributed by atoms with van der Waals surface area (Å²) in [6, 6.07) is -0.103. The highest BCUT2D eigenvalue weighted by molar-refractivity contribution is 5.82. The second-order valence-corrected chi connectivity index (χ2v) is 11.5. The molecule has 0 N–H and O–H groups in total. The van der Waals surface area contributed by atoms with Crippen LogP contribution in [0.15, 0.2) is 0 Å². The van der Waals surface area contributed by atoms with Crippen LogP contribution in [0.1, 0.15) is 150 Å². The number of carbonyl (C=O) groups excluding carboxylic acids is 3. The maximum absolute atomic E-state index is 13.1. The monoisotopic (exact) mass is 537 g/mol. The molecule has 0 aromatic rings. The Morgan fingerprint density at radius 2 is 1.16 bits per heavy atom. The topological polar surface area (TPSA) is 72.9 Å². The van der Waals surface area contributed by atoms with E-state index < -0.39 is 11.8 Å². The van der Waals surface area contributed by atoms with Crippen molar-refractivity contribution in [3.05, 3.63) is 0 Å². The van der Waals surface area contributed by atoms with Crippen LogP contribution in [0.3, 0.4) is 0 Å². The molecule has 1 aliphatic heterocycles. The maximum atomic E-state index is 13.1. The van der Waals surface area contributed by atoms with Gasteiger partial charge in [0, 0.05) is 19.0 Å². The fourth-order valence-corrected chi connectivity index (χ4v) is 5.35. The lowest BCUT2D eigenvalue weighted by atomic mass is 9.88. The van der Waals surface area contributed by atoms with E-state index in [9.17, 15) is 14.4 Å². The molecule has 1 heterocycles. The Balaban J connectivity index is 2.47. The quantitative estimate of drug-likeness (QED) is 0.0921. The van der Waals surface area contributed by atoms with Crippen LogP contribution in [0, 0.1) is 11.8 Å². The van der Waals surface area contributed by atoms with Crippen LogP contribution in [0.2, 0.25) is 0 Å². The number of nitrogens with zero attached hydrogens (tertiary/aromatic N) is 1. The molecule has 6 heteroatoms. The maximum Gasteiger partial charge on any atom is 0.309 e. The van der Waals surface area contributed by atoms with Crippen LogP contribution in [0.5, 0.6) is 0 Å². The highest BCUT2D eigenvalue weighted by atomic mass is 16.5. The van der Waals surface area contributed by atoms with Crippen molar-refractivity contribution in [2.75, 3.05) is 19.8 Å². The smallest absolute Gasteiger partial charge is 0.309 e. The first kappa shape index (κ1) is 34.4. The van der Waals surface area contributed by atoms with Crippen molar-refractivity contribution in [2.45, 2.75) is 156 Å². The molecule has 3 atom stereocenters. The predicted molar refractivity (Wildman–Crippen MR) is 155 cm³/mol. The standard InChI is InChI=1S/C32H59NO5/c1-5-7-9-11-13-15-17-19-24-37-31(35)28(4)29(26-27(3)33-23-21-22-30(33)34)32(36)38-25-20-18-16-14-12-10-8-6-2/h27-29H,5-26H2,1-4H3. The van der Waals surface area contributed by atoms with Gasteiger partial charge in [-0.05, 0) is 32.6 Å². The lowest BCUT2D eigenvalue weighted by Gasteiger charge is -2.29. The Morgan fingerprint density at radius 1 is 0.711 bits per heavy atom. The first-order valence-electron chi connectivity index (χ1n) is 16.0. The minimum Gasteiger partial charge on any atom is -0.465 e. The molecule has 0 aromatic carbocycles. The van der Waals surface area contributed by atoms with Gasteiger partial charge in [0.05, 0.1) is 25.0 Å². The molecular weight excluding hydrogens is 478 g/mol. The van der Waals surface area contributed by atoms with Crippen molar-refractivity contribution < 1.29 is 23.9 Å². The molecule has 0 saturated carbocycles. The molecule has 0 radical (unpaired) electrons. The zero-order valence-corrected chi connectivity index (χ0v) is 25.3. The molecule has 1 saturated heterocycles. The first-order chi connectivity index (χ1) is 18.4. The van der Waals surface area contributed by atoms with Gasteiger partial charge in [-0.3, -0.25) is 14.4 Å². The molecule has 1 rings (SSSR count). The summed E-state index contributed by atoms with van der Waals surface area (Å²) in [7, 11) is 0. The van der Waals surface area contributed by atoms with Crippen LogP contribution in [0.4, 0.5) is 0 Å². The van der Waals surface area contributed by atoms with Crippen molar-refractivity contribution in [3.63, 3.8) is 0 Å². The zero-order chi connectivity index (χ0) is 28.0. The molecule has 3 unspecified atom stereocenters. The molecule has 1 aliphatic rings. The summed E-state index contributed by atoms with van der Waals surface area (Å²) in [6.45, 7) is 9.71. The summed E-state index contributed by atoms with van der Waals surface area (Å²) in [5, 5.41) is 0. The number of carbonyl (C=O) groups is 3. The molecule has 0 aromatic heterocycles. The molecule has 1 fully saturated rings. The third-order valence-electron chi connectivity index (χ3n) is 8.00. The normalized spacial score (nSPS) is 15.9. The van der Waals surface area contributed by atoms with Crippen LogP contribution in [-0.4, -0.2) is 48.5 Å². The number of esters is 2. The van der Waals surface area contributed by atoms with Gasteiger partial charge in [-0.25, -0.2) is 0 Å². The molecule has 222 valence electrons. The first-order valence-corrected chi connectivity index (χ1v) is 16.0. The summed E-state index contributed by atoms with van der Waals surface area (Å²) in [4.78, 5) is 40.1. The molecule has 0 spiro atoms. The molecule has 0 bridgehead atoms. The molecule has 0 aliphatic carbocycles. The fourth-order valence-electron chi connectivity index (χ4n) is 5.35. The molecule has 38 heavy (non-hydrogen) atoms. The molecule has 1 amide bonds. The van der Waals surface area contributed by atoms with Crippen molar-refractivity contribution in [3.8, 4) is 0 Å². The van der Waals surface area contributed by atoms with Gasteiger partial charge in [-0.15, -0.1) is 0 Å². The Morgan fingerprint density at radius 3 is 1.61 bits per heavy atom. The third kappa shape index (κ3) is 15.1. The van der Waals surface area contributed by atoms with Gasteiger partial charge in [0.2, 0.25) is 5.91 Å².